The number of aromatic nitrogens is 3. The molecule has 8 nitrogen and oxygen atoms in total. The Kier molecular flexibility index (Phi) is 7.90. The summed E-state index contributed by atoms with van der Waals surface area (Å²) in [5.74, 6) is 2.35. The van der Waals surface area contributed by atoms with Crippen LogP contribution in [0.3, 0.4) is 0 Å². The van der Waals surface area contributed by atoms with Crippen molar-refractivity contribution in [2.24, 2.45) is 12.0 Å². The van der Waals surface area contributed by atoms with E-state index < -0.39 is 0 Å². The first-order valence-electron chi connectivity index (χ1n) is 11.3. The largest absolute Gasteiger partial charge is 0.357 e. The van der Waals surface area contributed by atoms with E-state index in [1.54, 1.807) is 0 Å². The lowest BCUT2D eigenvalue weighted by molar-refractivity contribution is 0.312. The van der Waals surface area contributed by atoms with Crippen LogP contribution < -0.4 is 10.2 Å². The molecule has 0 atom stereocenters. The number of aliphatic imine (C=N–C) groups is 1. The summed E-state index contributed by atoms with van der Waals surface area (Å²) in [4.78, 5) is 16.6. The molecule has 1 aliphatic rings. The van der Waals surface area contributed by atoms with Crippen LogP contribution in [0.5, 0.6) is 0 Å². The molecule has 0 saturated carbocycles. The number of guanidine groups is 1. The number of anilines is 1. The average Bonchev–Trinajstić information content (AvgIpc) is 3.12. The third-order valence-corrected chi connectivity index (χ3v) is 5.66. The number of rotatable bonds is 7. The zero-order chi connectivity index (χ0) is 22.4. The van der Waals surface area contributed by atoms with Crippen molar-refractivity contribution in [3.8, 4) is 0 Å². The lowest BCUT2D eigenvalue weighted by Gasteiger charge is -2.34. The highest BCUT2D eigenvalue weighted by atomic mass is 15.3. The van der Waals surface area contributed by atoms with E-state index in [0.29, 0.717) is 12.5 Å². The van der Waals surface area contributed by atoms with Gasteiger partial charge in [0.05, 0.1) is 12.2 Å². The summed E-state index contributed by atoms with van der Waals surface area (Å²) in [5, 5.41) is 8.08. The van der Waals surface area contributed by atoms with E-state index in [1.807, 2.05) is 24.0 Å². The van der Waals surface area contributed by atoms with Crippen LogP contribution >= 0.6 is 0 Å². The fourth-order valence-electron chi connectivity index (χ4n) is 3.98. The van der Waals surface area contributed by atoms with Gasteiger partial charge < -0.3 is 20.0 Å². The maximum absolute atomic E-state index is 4.96. The van der Waals surface area contributed by atoms with Gasteiger partial charge in [0.2, 0.25) is 0 Å². The van der Waals surface area contributed by atoms with Crippen molar-refractivity contribution in [3.05, 3.63) is 41.3 Å². The van der Waals surface area contributed by atoms with E-state index in [9.17, 15) is 0 Å². The van der Waals surface area contributed by atoms with Gasteiger partial charge in [-0.1, -0.05) is 19.9 Å². The van der Waals surface area contributed by atoms with Crippen molar-refractivity contribution in [1.82, 2.24) is 29.9 Å². The minimum atomic E-state index is 0.394. The quantitative estimate of drug-likeness (QED) is 0.541. The van der Waals surface area contributed by atoms with Crippen LogP contribution in [0, 0.1) is 0 Å². The minimum absolute atomic E-state index is 0.394. The summed E-state index contributed by atoms with van der Waals surface area (Å²) in [6.45, 7) is 12.8. The minimum Gasteiger partial charge on any atom is -0.357 e. The van der Waals surface area contributed by atoms with Crippen LogP contribution in [0.1, 0.15) is 43.5 Å². The van der Waals surface area contributed by atoms with Crippen molar-refractivity contribution < 1.29 is 0 Å². The Bertz CT molecular complexity index is 864. The van der Waals surface area contributed by atoms with Crippen molar-refractivity contribution in [3.63, 3.8) is 0 Å². The third kappa shape index (κ3) is 5.97. The number of pyridine rings is 1. The molecule has 1 fully saturated rings. The molecule has 0 spiro atoms. The van der Waals surface area contributed by atoms with Gasteiger partial charge in [0.15, 0.2) is 5.96 Å². The summed E-state index contributed by atoms with van der Waals surface area (Å²) in [6, 6.07) is 4.15. The van der Waals surface area contributed by atoms with E-state index in [2.05, 4.69) is 72.2 Å². The second kappa shape index (κ2) is 10.6. The van der Waals surface area contributed by atoms with Crippen molar-refractivity contribution >= 4 is 11.8 Å². The van der Waals surface area contributed by atoms with Crippen LogP contribution in [0.25, 0.3) is 0 Å². The van der Waals surface area contributed by atoms with Crippen molar-refractivity contribution in [2.75, 3.05) is 51.7 Å². The molecule has 0 radical (unpaired) electrons. The van der Waals surface area contributed by atoms with Crippen LogP contribution in [-0.2, 0) is 20.1 Å². The Labute approximate surface area is 187 Å². The Hall–Kier alpha value is -2.61. The van der Waals surface area contributed by atoms with Gasteiger partial charge >= 0.3 is 0 Å². The van der Waals surface area contributed by atoms with Gasteiger partial charge in [-0.05, 0) is 26.0 Å². The van der Waals surface area contributed by atoms with Gasteiger partial charge in [-0.3, -0.25) is 4.68 Å². The summed E-state index contributed by atoms with van der Waals surface area (Å²) in [7, 11) is 6.24. The van der Waals surface area contributed by atoms with Crippen LogP contribution in [-0.4, -0.2) is 77.3 Å². The molecule has 3 heterocycles. The van der Waals surface area contributed by atoms with Gasteiger partial charge in [0, 0.05) is 76.9 Å². The standard InChI is InChI=1S/C23H38N8/c1-7-24-23(29(5)16-20-17-30(6)27-21(20)18(2)3)26-15-19-9-8-10-25-22(19)31-13-11-28(4)12-14-31/h8-10,17-18H,7,11-16H2,1-6H3,(H,24,26). The van der Waals surface area contributed by atoms with Gasteiger partial charge in [0.1, 0.15) is 5.82 Å². The van der Waals surface area contributed by atoms with Gasteiger partial charge in [-0.2, -0.15) is 5.10 Å². The first-order chi connectivity index (χ1) is 14.9. The highest BCUT2D eigenvalue weighted by Gasteiger charge is 2.19. The second-order valence-electron chi connectivity index (χ2n) is 8.67. The fourth-order valence-corrected chi connectivity index (χ4v) is 3.98. The van der Waals surface area contributed by atoms with Crippen molar-refractivity contribution in [1.29, 1.82) is 0 Å². The molecule has 0 aliphatic carbocycles. The average molecular weight is 427 g/mol. The van der Waals surface area contributed by atoms with Crippen LogP contribution in [0.4, 0.5) is 5.82 Å². The molecular formula is C23H38N8. The zero-order valence-corrected chi connectivity index (χ0v) is 20.0. The number of hydrogen-bond acceptors (Lipinski definition) is 5. The third-order valence-electron chi connectivity index (χ3n) is 5.66. The molecule has 2 aromatic rings. The molecular weight excluding hydrogens is 388 g/mol. The molecule has 0 unspecified atom stereocenters. The number of hydrogen-bond donors (Lipinski definition) is 1. The van der Waals surface area contributed by atoms with Crippen LogP contribution in [0.2, 0.25) is 0 Å². The van der Waals surface area contributed by atoms with E-state index in [0.717, 1.165) is 56.7 Å². The molecule has 1 saturated heterocycles. The number of piperazine rings is 1. The maximum atomic E-state index is 4.96. The number of likely N-dealkylation sites (N-methyl/N-ethyl adjacent to an activating group) is 1. The van der Waals surface area contributed by atoms with Crippen LogP contribution in [0.15, 0.2) is 29.5 Å². The van der Waals surface area contributed by atoms with Gasteiger partial charge in [-0.25, -0.2) is 9.98 Å². The predicted octanol–water partition coefficient (Wildman–Crippen LogP) is 2.29. The smallest absolute Gasteiger partial charge is 0.194 e. The molecule has 2 aromatic heterocycles. The fraction of sp³-hybridized carbons (Fsp3) is 0.609. The van der Waals surface area contributed by atoms with E-state index >= 15 is 0 Å². The highest BCUT2D eigenvalue weighted by molar-refractivity contribution is 5.79. The summed E-state index contributed by atoms with van der Waals surface area (Å²) < 4.78 is 1.90. The molecule has 0 aromatic carbocycles. The molecule has 31 heavy (non-hydrogen) atoms. The Morgan fingerprint density at radius 1 is 1.19 bits per heavy atom. The first-order valence-corrected chi connectivity index (χ1v) is 11.3. The van der Waals surface area contributed by atoms with E-state index in [-0.39, 0.29) is 0 Å². The molecule has 8 heteroatoms. The zero-order valence-electron chi connectivity index (χ0n) is 20.0. The predicted molar refractivity (Wildman–Crippen MR) is 128 cm³/mol. The maximum Gasteiger partial charge on any atom is 0.194 e. The normalized spacial score (nSPS) is 15.6. The Morgan fingerprint density at radius 2 is 1.94 bits per heavy atom. The Morgan fingerprint density at radius 3 is 2.61 bits per heavy atom. The highest BCUT2D eigenvalue weighted by Crippen LogP contribution is 2.21. The molecule has 170 valence electrons. The van der Waals surface area contributed by atoms with E-state index in [4.69, 9.17) is 9.98 Å². The molecule has 1 aliphatic heterocycles. The molecule has 0 amide bonds. The van der Waals surface area contributed by atoms with Crippen molar-refractivity contribution in [2.45, 2.75) is 39.8 Å². The summed E-state index contributed by atoms with van der Waals surface area (Å²) in [6.07, 6.45) is 4.00. The van der Waals surface area contributed by atoms with Gasteiger partial charge in [-0.15, -0.1) is 0 Å². The summed E-state index contributed by atoms with van der Waals surface area (Å²) >= 11 is 0. The lowest BCUT2D eigenvalue weighted by atomic mass is 10.1. The molecule has 1 N–H and O–H groups in total. The number of aryl methyl sites for hydroxylation is 1. The number of nitrogens with zero attached hydrogens (tertiary/aromatic N) is 7. The molecule has 0 bridgehead atoms. The topological polar surface area (TPSA) is 64.8 Å². The molecule has 3 rings (SSSR count). The second-order valence-corrected chi connectivity index (χ2v) is 8.67. The van der Waals surface area contributed by atoms with Gasteiger partial charge in [0.25, 0.3) is 0 Å². The lowest BCUT2D eigenvalue weighted by Crippen LogP contribution is -2.45. The Balaban J connectivity index is 1.76. The van der Waals surface area contributed by atoms with E-state index in [1.165, 1.54) is 11.1 Å². The summed E-state index contributed by atoms with van der Waals surface area (Å²) in [5.41, 5.74) is 3.56. The number of nitrogens with one attached hydrogen (secondary N) is 1. The first kappa shape index (κ1) is 23.1. The SMILES string of the molecule is CCNC(=NCc1cccnc1N1CCN(C)CC1)N(C)Cc1cn(C)nc1C(C)C. The monoisotopic (exact) mass is 426 g/mol.